The summed E-state index contributed by atoms with van der Waals surface area (Å²) in [6.07, 6.45) is 1.15. The molecule has 0 fully saturated rings. The van der Waals surface area contributed by atoms with Gasteiger partial charge in [0.15, 0.2) is 0 Å². The van der Waals surface area contributed by atoms with Gasteiger partial charge in [-0.3, -0.25) is 0 Å². The van der Waals surface area contributed by atoms with Gasteiger partial charge in [-0.25, -0.2) is 9.97 Å². The zero-order valence-corrected chi connectivity index (χ0v) is 16.9. The lowest BCUT2D eigenvalue weighted by Gasteiger charge is -2.08. The number of ether oxygens (including phenoxy) is 2. The summed E-state index contributed by atoms with van der Waals surface area (Å²) >= 11 is 0. The molecule has 0 aliphatic carbocycles. The van der Waals surface area contributed by atoms with Crippen molar-refractivity contribution in [2.75, 3.05) is 0 Å². The van der Waals surface area contributed by atoms with E-state index in [1.165, 1.54) is 24.5 Å². The lowest BCUT2D eigenvalue weighted by molar-refractivity contribution is -0.274. The van der Waals surface area contributed by atoms with E-state index in [2.05, 4.69) is 31.0 Å². The summed E-state index contributed by atoms with van der Waals surface area (Å²) < 4.78 is 53.5. The Bertz CT molecular complexity index is 1410. The van der Waals surface area contributed by atoms with Crippen LogP contribution in [0.4, 0.5) is 13.2 Å². The highest BCUT2D eigenvalue weighted by Crippen LogP contribution is 2.28. The third kappa shape index (κ3) is 4.47. The van der Waals surface area contributed by atoms with Crippen LogP contribution < -0.4 is 9.47 Å². The predicted molar refractivity (Wildman–Crippen MR) is 109 cm³/mol. The Morgan fingerprint density at radius 2 is 1.79 bits per heavy atom. The molecule has 8 nitrogen and oxygen atoms in total. The van der Waals surface area contributed by atoms with Crippen molar-refractivity contribution in [1.29, 1.82) is 0 Å². The van der Waals surface area contributed by atoms with Crippen molar-refractivity contribution >= 4 is 10.9 Å². The summed E-state index contributed by atoms with van der Waals surface area (Å²) in [5.74, 6) is 0.800. The molecule has 3 aromatic heterocycles. The van der Waals surface area contributed by atoms with Crippen molar-refractivity contribution in [3.8, 4) is 40.4 Å². The summed E-state index contributed by atoms with van der Waals surface area (Å²) in [4.78, 5) is 12.7. The number of fused-ring (bicyclic) bond motifs is 1. The van der Waals surface area contributed by atoms with Gasteiger partial charge in [0.1, 0.15) is 17.2 Å². The Labute approximate surface area is 184 Å². The van der Waals surface area contributed by atoms with Gasteiger partial charge in [0.2, 0.25) is 11.7 Å². The van der Waals surface area contributed by atoms with E-state index in [9.17, 15) is 13.2 Å². The molecule has 0 aliphatic rings. The van der Waals surface area contributed by atoms with E-state index in [1.807, 2.05) is 35.9 Å². The Morgan fingerprint density at radius 3 is 2.52 bits per heavy atom. The van der Waals surface area contributed by atoms with E-state index in [4.69, 9.17) is 9.26 Å². The van der Waals surface area contributed by atoms with Gasteiger partial charge in [-0.2, -0.15) is 4.98 Å². The van der Waals surface area contributed by atoms with Crippen molar-refractivity contribution in [3.05, 3.63) is 67.1 Å². The third-order valence-electron chi connectivity index (χ3n) is 4.62. The van der Waals surface area contributed by atoms with Crippen LogP contribution in [0.3, 0.4) is 0 Å². The summed E-state index contributed by atoms with van der Waals surface area (Å²) in [5, 5.41) is 4.88. The molecule has 33 heavy (non-hydrogen) atoms. The van der Waals surface area contributed by atoms with Gasteiger partial charge in [0.05, 0.1) is 24.1 Å². The van der Waals surface area contributed by atoms with E-state index in [1.54, 1.807) is 0 Å². The van der Waals surface area contributed by atoms with Gasteiger partial charge in [-0.05, 0) is 42.5 Å². The van der Waals surface area contributed by atoms with E-state index in [-0.39, 0.29) is 23.3 Å². The van der Waals surface area contributed by atoms with Gasteiger partial charge in [0.25, 0.3) is 5.89 Å². The molecule has 0 unspecified atom stereocenters. The summed E-state index contributed by atoms with van der Waals surface area (Å²) in [7, 11) is 1.89. The van der Waals surface area contributed by atoms with Gasteiger partial charge < -0.3 is 18.6 Å². The van der Waals surface area contributed by atoms with Gasteiger partial charge >= 0.3 is 6.36 Å². The number of rotatable bonds is 5. The van der Waals surface area contributed by atoms with E-state index >= 15 is 0 Å². The molecule has 0 spiro atoms. The van der Waals surface area contributed by atoms with Gasteiger partial charge in [0, 0.05) is 24.1 Å². The molecule has 11 heteroatoms. The van der Waals surface area contributed by atoms with Crippen LogP contribution in [-0.2, 0) is 7.05 Å². The molecule has 3 heterocycles. The first kappa shape index (κ1) is 20.5. The van der Waals surface area contributed by atoms with Crippen LogP contribution in [0.5, 0.6) is 17.4 Å². The Morgan fingerprint density at radius 1 is 1.00 bits per heavy atom. The molecule has 0 saturated carbocycles. The highest BCUT2D eigenvalue weighted by atomic mass is 19.4. The van der Waals surface area contributed by atoms with Crippen molar-refractivity contribution in [3.63, 3.8) is 0 Å². The van der Waals surface area contributed by atoms with E-state index in [0.717, 1.165) is 23.0 Å². The first-order valence-corrected chi connectivity index (χ1v) is 9.51. The van der Waals surface area contributed by atoms with Crippen LogP contribution in [-0.4, -0.2) is 31.0 Å². The quantitative estimate of drug-likeness (QED) is 0.363. The molecule has 165 valence electrons. The standard InChI is InChI=1S/C22H13F3N5O3/c1-30-9-8-13-2-7-16(10-18(13)30)31-19-12-26-17(11-27-19)21-28-20(29-33-21)14-3-5-15(6-4-14)32-22(23,24)25/h2-8,10-12H,1H3. The van der Waals surface area contributed by atoms with Crippen LogP contribution in [0.2, 0.25) is 0 Å². The zero-order valence-electron chi connectivity index (χ0n) is 16.9. The Kier molecular flexibility index (Phi) is 4.93. The highest BCUT2D eigenvalue weighted by molar-refractivity contribution is 5.81. The lowest BCUT2D eigenvalue weighted by atomic mass is 10.2. The molecule has 5 aromatic rings. The first-order valence-electron chi connectivity index (χ1n) is 9.51. The molecular weight excluding hydrogens is 439 g/mol. The second-order valence-electron chi connectivity index (χ2n) is 6.89. The van der Waals surface area contributed by atoms with Crippen molar-refractivity contribution < 1.29 is 27.2 Å². The van der Waals surface area contributed by atoms with Crippen LogP contribution in [0.1, 0.15) is 0 Å². The number of nitrogens with zero attached hydrogens (tertiary/aromatic N) is 5. The fraction of sp³-hybridized carbons (Fsp3) is 0.0909. The van der Waals surface area contributed by atoms with Crippen molar-refractivity contribution in [2.45, 2.75) is 6.36 Å². The second kappa shape index (κ2) is 7.93. The fourth-order valence-electron chi connectivity index (χ4n) is 3.09. The predicted octanol–water partition coefficient (Wildman–Crippen LogP) is 5.18. The smallest absolute Gasteiger partial charge is 0.437 e. The zero-order chi connectivity index (χ0) is 23.0. The molecule has 0 bridgehead atoms. The number of aryl methyl sites for hydroxylation is 1. The van der Waals surface area contributed by atoms with Crippen LogP contribution in [0.15, 0.2) is 65.4 Å². The van der Waals surface area contributed by atoms with E-state index < -0.39 is 6.36 Å². The summed E-state index contributed by atoms with van der Waals surface area (Å²) in [6, 6.07) is 12.6. The van der Waals surface area contributed by atoms with Crippen LogP contribution >= 0.6 is 0 Å². The molecule has 0 amide bonds. The molecule has 2 aromatic carbocycles. The molecule has 1 radical (unpaired) electrons. The van der Waals surface area contributed by atoms with Crippen LogP contribution in [0, 0.1) is 6.20 Å². The van der Waals surface area contributed by atoms with E-state index in [0.29, 0.717) is 17.0 Å². The summed E-state index contributed by atoms with van der Waals surface area (Å²) in [6.45, 7) is 0. The third-order valence-corrected chi connectivity index (χ3v) is 4.62. The number of benzene rings is 2. The molecule has 0 saturated heterocycles. The SMILES string of the molecule is Cn1[c]cc2ccc(Oc3cnc(-c4nc(-c5ccc(OC(F)(F)F)cc5)no4)cn3)cc21. The highest BCUT2D eigenvalue weighted by Gasteiger charge is 2.31. The maximum absolute atomic E-state index is 12.3. The van der Waals surface area contributed by atoms with Crippen LogP contribution in [0.25, 0.3) is 33.9 Å². The average molecular weight is 452 g/mol. The fourth-order valence-corrected chi connectivity index (χ4v) is 3.09. The molecule has 0 N–H and O–H groups in total. The number of aromatic nitrogens is 5. The molecule has 0 aliphatic heterocycles. The number of hydrogen-bond acceptors (Lipinski definition) is 7. The topological polar surface area (TPSA) is 88.1 Å². The first-order chi connectivity index (χ1) is 15.8. The minimum absolute atomic E-state index is 0.0976. The number of hydrogen-bond donors (Lipinski definition) is 0. The minimum Gasteiger partial charge on any atom is -0.437 e. The Balaban J connectivity index is 1.30. The average Bonchev–Trinajstić information content (AvgIpc) is 3.41. The number of halogens is 3. The minimum atomic E-state index is -4.76. The van der Waals surface area contributed by atoms with Gasteiger partial charge in [-0.15, -0.1) is 13.2 Å². The maximum atomic E-state index is 12.3. The maximum Gasteiger partial charge on any atom is 0.573 e. The normalized spacial score (nSPS) is 11.6. The monoisotopic (exact) mass is 452 g/mol. The van der Waals surface area contributed by atoms with Crippen molar-refractivity contribution in [2.24, 2.45) is 7.05 Å². The summed E-state index contributed by atoms with van der Waals surface area (Å²) in [5.41, 5.74) is 1.72. The van der Waals surface area contributed by atoms with Crippen molar-refractivity contribution in [1.82, 2.24) is 24.7 Å². The molecule has 0 atom stereocenters. The van der Waals surface area contributed by atoms with Gasteiger partial charge in [-0.1, -0.05) is 5.16 Å². The Hall–Kier alpha value is -4.41. The molecule has 5 rings (SSSR count). The number of alkyl halides is 3. The largest absolute Gasteiger partial charge is 0.573 e. The molecular formula is C22H13F3N5O3. The lowest BCUT2D eigenvalue weighted by Crippen LogP contribution is -2.16. The second-order valence-corrected chi connectivity index (χ2v) is 6.89.